The van der Waals surface area contributed by atoms with Crippen molar-refractivity contribution < 1.29 is 14.5 Å². The van der Waals surface area contributed by atoms with Gasteiger partial charge in [0, 0.05) is 24.7 Å². The third-order valence-electron chi connectivity index (χ3n) is 3.68. The first-order chi connectivity index (χ1) is 9.84. The maximum atomic E-state index is 12.4. The summed E-state index contributed by atoms with van der Waals surface area (Å²) in [6.07, 6.45) is -0.0894. The fraction of sp³-hybridized carbons (Fsp3) is 0.429. The van der Waals surface area contributed by atoms with E-state index in [2.05, 4.69) is 5.32 Å². The third kappa shape index (κ3) is 2.86. The van der Waals surface area contributed by atoms with Crippen molar-refractivity contribution in [3.05, 3.63) is 39.9 Å². The molecule has 0 aromatic heterocycles. The molecule has 0 saturated carbocycles. The van der Waals surface area contributed by atoms with Gasteiger partial charge in [0.15, 0.2) is 0 Å². The third-order valence-corrected chi connectivity index (χ3v) is 3.68. The van der Waals surface area contributed by atoms with Crippen molar-refractivity contribution in [3.8, 4) is 0 Å². The van der Waals surface area contributed by atoms with Crippen molar-refractivity contribution >= 4 is 17.5 Å². The molecular weight excluding hydrogens is 274 g/mol. The summed E-state index contributed by atoms with van der Waals surface area (Å²) in [6.45, 7) is 4.13. The zero-order valence-corrected chi connectivity index (χ0v) is 12.0. The lowest BCUT2D eigenvalue weighted by molar-refractivity contribution is -0.385. The molecule has 0 unspecified atom stereocenters. The smallest absolute Gasteiger partial charge is 0.273 e. The molecule has 112 valence electrons. The first kappa shape index (κ1) is 15.0. The molecule has 7 nitrogen and oxygen atoms in total. The molecule has 0 radical (unpaired) electrons. The van der Waals surface area contributed by atoms with Crippen LogP contribution in [0.5, 0.6) is 0 Å². The summed E-state index contributed by atoms with van der Waals surface area (Å²) in [4.78, 5) is 36.2. The van der Waals surface area contributed by atoms with Crippen LogP contribution in [0, 0.1) is 10.1 Å². The average Bonchev–Trinajstić information content (AvgIpc) is 2.42. The zero-order valence-electron chi connectivity index (χ0n) is 12.0. The highest BCUT2D eigenvalue weighted by molar-refractivity contribution is 5.92. The number of nitrogens with zero attached hydrogens (tertiary/aromatic N) is 2. The lowest BCUT2D eigenvalue weighted by Gasteiger charge is -2.41. The molecule has 1 fully saturated rings. The van der Waals surface area contributed by atoms with Gasteiger partial charge >= 0.3 is 0 Å². The van der Waals surface area contributed by atoms with E-state index in [1.54, 1.807) is 32.0 Å². The predicted octanol–water partition coefficient (Wildman–Crippen LogP) is 0.874. The fourth-order valence-electron chi connectivity index (χ4n) is 2.43. The maximum absolute atomic E-state index is 12.4. The summed E-state index contributed by atoms with van der Waals surface area (Å²) < 4.78 is 0. The highest BCUT2D eigenvalue weighted by atomic mass is 16.6. The van der Waals surface area contributed by atoms with Crippen LogP contribution in [0.4, 0.5) is 5.69 Å². The van der Waals surface area contributed by atoms with Gasteiger partial charge < -0.3 is 10.2 Å². The summed E-state index contributed by atoms with van der Waals surface area (Å²) >= 11 is 0. The Bertz CT molecular complexity index is 598. The fourth-order valence-corrected chi connectivity index (χ4v) is 2.43. The Morgan fingerprint density at radius 1 is 1.43 bits per heavy atom. The van der Waals surface area contributed by atoms with Gasteiger partial charge in [-0.15, -0.1) is 0 Å². The topological polar surface area (TPSA) is 92.6 Å². The zero-order chi connectivity index (χ0) is 15.6. The van der Waals surface area contributed by atoms with Crippen molar-refractivity contribution in [3.63, 3.8) is 0 Å². The van der Waals surface area contributed by atoms with Crippen LogP contribution in [-0.4, -0.2) is 40.3 Å². The van der Waals surface area contributed by atoms with Crippen LogP contribution in [0.2, 0.25) is 0 Å². The number of carbonyl (C=O) groups is 2. The molecule has 0 aliphatic carbocycles. The number of benzene rings is 1. The molecule has 1 aromatic rings. The molecule has 1 saturated heterocycles. The van der Waals surface area contributed by atoms with Crippen LogP contribution >= 0.6 is 0 Å². The number of piperazine rings is 1. The Morgan fingerprint density at radius 2 is 2.10 bits per heavy atom. The molecule has 0 atom stereocenters. The van der Waals surface area contributed by atoms with Crippen LogP contribution in [0.25, 0.3) is 0 Å². The SMILES string of the molecule is CC1(C)C(=O)NCCN1C(=O)Cc1ccccc1[N+](=O)[O-]. The van der Waals surface area contributed by atoms with E-state index < -0.39 is 10.5 Å². The monoisotopic (exact) mass is 291 g/mol. The van der Waals surface area contributed by atoms with Crippen LogP contribution in [0.15, 0.2) is 24.3 Å². The lowest BCUT2D eigenvalue weighted by atomic mass is 9.97. The normalized spacial score (nSPS) is 17.2. The van der Waals surface area contributed by atoms with E-state index in [1.807, 2.05) is 0 Å². The number of para-hydroxylation sites is 1. The second kappa shape index (κ2) is 5.51. The maximum Gasteiger partial charge on any atom is 0.273 e. The molecule has 1 aliphatic heterocycles. The lowest BCUT2D eigenvalue weighted by Crippen LogP contribution is -2.63. The van der Waals surface area contributed by atoms with Crippen LogP contribution in [-0.2, 0) is 16.0 Å². The molecular formula is C14H17N3O4. The molecule has 1 heterocycles. The quantitative estimate of drug-likeness (QED) is 0.660. The van der Waals surface area contributed by atoms with E-state index in [1.165, 1.54) is 11.0 Å². The standard InChI is InChI=1S/C14H17N3O4/c1-14(2)13(19)15-7-8-16(14)12(18)9-10-5-3-4-6-11(10)17(20)21/h3-6H,7-9H2,1-2H3,(H,15,19). The molecule has 0 bridgehead atoms. The van der Waals surface area contributed by atoms with Gasteiger partial charge in [-0.25, -0.2) is 0 Å². The van der Waals surface area contributed by atoms with E-state index in [9.17, 15) is 19.7 Å². The minimum absolute atomic E-state index is 0.0786. The second-order valence-corrected chi connectivity index (χ2v) is 5.42. The van der Waals surface area contributed by atoms with Crippen molar-refractivity contribution in [2.45, 2.75) is 25.8 Å². The summed E-state index contributed by atoms with van der Waals surface area (Å²) in [5.74, 6) is -0.506. The highest BCUT2D eigenvalue weighted by Gasteiger charge is 2.40. The highest BCUT2D eigenvalue weighted by Crippen LogP contribution is 2.22. The molecule has 21 heavy (non-hydrogen) atoms. The molecule has 1 aliphatic rings. The number of hydrogen-bond acceptors (Lipinski definition) is 4. The Balaban J connectivity index is 2.22. The Labute approximate surface area is 122 Å². The Kier molecular flexibility index (Phi) is 3.93. The van der Waals surface area contributed by atoms with Crippen molar-refractivity contribution in [2.75, 3.05) is 13.1 Å². The summed E-state index contributed by atoms with van der Waals surface area (Å²) in [6, 6.07) is 6.15. The van der Waals surface area contributed by atoms with E-state index in [-0.39, 0.29) is 23.9 Å². The molecule has 2 amide bonds. The van der Waals surface area contributed by atoms with Gasteiger partial charge in [-0.05, 0) is 13.8 Å². The molecule has 1 aromatic carbocycles. The van der Waals surface area contributed by atoms with Gasteiger partial charge in [0.05, 0.1) is 11.3 Å². The van der Waals surface area contributed by atoms with Crippen molar-refractivity contribution in [2.24, 2.45) is 0 Å². The van der Waals surface area contributed by atoms with Gasteiger partial charge in [-0.1, -0.05) is 18.2 Å². The number of nitro groups is 1. The van der Waals surface area contributed by atoms with E-state index in [0.717, 1.165) is 0 Å². The van der Waals surface area contributed by atoms with Gasteiger partial charge in [-0.3, -0.25) is 19.7 Å². The summed E-state index contributed by atoms with van der Waals surface area (Å²) in [7, 11) is 0. The number of nitro benzene ring substituents is 1. The van der Waals surface area contributed by atoms with E-state index in [0.29, 0.717) is 18.7 Å². The Hall–Kier alpha value is -2.44. The van der Waals surface area contributed by atoms with E-state index >= 15 is 0 Å². The van der Waals surface area contributed by atoms with Crippen LogP contribution < -0.4 is 5.32 Å². The minimum atomic E-state index is -0.946. The molecule has 0 spiro atoms. The first-order valence-electron chi connectivity index (χ1n) is 6.65. The van der Waals surface area contributed by atoms with Crippen molar-refractivity contribution in [1.29, 1.82) is 0 Å². The predicted molar refractivity (Wildman–Crippen MR) is 75.6 cm³/mol. The van der Waals surface area contributed by atoms with E-state index in [4.69, 9.17) is 0 Å². The molecule has 2 rings (SSSR count). The largest absolute Gasteiger partial charge is 0.352 e. The minimum Gasteiger partial charge on any atom is -0.352 e. The van der Waals surface area contributed by atoms with Crippen LogP contribution in [0.1, 0.15) is 19.4 Å². The number of hydrogen-bond donors (Lipinski definition) is 1. The molecule has 1 N–H and O–H groups in total. The number of rotatable bonds is 3. The van der Waals surface area contributed by atoms with Gasteiger partial charge in [0.25, 0.3) is 5.69 Å². The van der Waals surface area contributed by atoms with Crippen molar-refractivity contribution in [1.82, 2.24) is 10.2 Å². The van der Waals surface area contributed by atoms with Gasteiger partial charge in [0.2, 0.25) is 11.8 Å². The number of carbonyl (C=O) groups excluding carboxylic acids is 2. The molecule has 7 heteroatoms. The van der Waals surface area contributed by atoms with Gasteiger partial charge in [0.1, 0.15) is 5.54 Å². The van der Waals surface area contributed by atoms with Gasteiger partial charge in [-0.2, -0.15) is 0 Å². The summed E-state index contributed by atoms with van der Waals surface area (Å²) in [5, 5.41) is 13.7. The second-order valence-electron chi connectivity index (χ2n) is 5.42. The number of amides is 2. The van der Waals surface area contributed by atoms with Crippen LogP contribution in [0.3, 0.4) is 0 Å². The first-order valence-corrected chi connectivity index (χ1v) is 6.65. The number of nitrogens with one attached hydrogen (secondary N) is 1. The summed E-state index contributed by atoms with van der Waals surface area (Å²) in [5.41, 5.74) is -0.668. The Morgan fingerprint density at radius 3 is 2.76 bits per heavy atom. The average molecular weight is 291 g/mol.